The molecule has 0 aliphatic heterocycles. The molecule has 4 N–H and O–H groups in total. The van der Waals surface area contributed by atoms with Crippen LogP contribution in [0.25, 0.3) is 11.0 Å². The number of hydrogen-bond donors (Lipinski definition) is 4. The molecule has 170 valence electrons. The molecule has 0 bridgehead atoms. The number of fused-ring (bicyclic) bond motifs is 1. The van der Waals surface area contributed by atoms with Crippen molar-refractivity contribution in [3.63, 3.8) is 0 Å². The highest BCUT2D eigenvalue weighted by molar-refractivity contribution is 7.84. The van der Waals surface area contributed by atoms with Crippen molar-refractivity contribution in [3.8, 4) is 5.75 Å². The van der Waals surface area contributed by atoms with Crippen LogP contribution in [0.1, 0.15) is 11.3 Å². The number of aromatic nitrogens is 3. The highest BCUT2D eigenvalue weighted by atomic mass is 32.2. The van der Waals surface area contributed by atoms with Gasteiger partial charge in [-0.3, -0.25) is 9.19 Å². The van der Waals surface area contributed by atoms with Crippen LogP contribution in [0.3, 0.4) is 0 Å². The van der Waals surface area contributed by atoms with Gasteiger partial charge in [0.1, 0.15) is 11.9 Å². The fraction of sp³-hybridized carbons (Fsp3) is 0.368. The molecule has 3 rings (SSSR count). The number of alkyl halides is 3. The van der Waals surface area contributed by atoms with Gasteiger partial charge < -0.3 is 25.0 Å². The van der Waals surface area contributed by atoms with E-state index in [9.17, 15) is 17.4 Å². The van der Waals surface area contributed by atoms with Crippen LogP contribution in [0.5, 0.6) is 5.75 Å². The molecule has 8 nitrogen and oxygen atoms in total. The number of ether oxygens (including phenoxy) is 1. The van der Waals surface area contributed by atoms with Crippen molar-refractivity contribution in [1.82, 2.24) is 15.0 Å². The van der Waals surface area contributed by atoms with Crippen LogP contribution in [0, 0.1) is 6.92 Å². The van der Waals surface area contributed by atoms with Gasteiger partial charge in [-0.1, -0.05) is 12.1 Å². The van der Waals surface area contributed by atoms with Crippen LogP contribution >= 0.6 is 0 Å². The molecule has 31 heavy (non-hydrogen) atoms. The molecule has 1 atom stereocenters. The Hall–Kier alpha value is -2.54. The first-order valence-corrected chi connectivity index (χ1v) is 10.3. The van der Waals surface area contributed by atoms with Crippen LogP contribution in [0.4, 0.5) is 13.2 Å². The maximum Gasteiger partial charge on any atom is 0.422 e. The zero-order valence-corrected chi connectivity index (χ0v) is 17.3. The first-order chi connectivity index (χ1) is 14.6. The van der Waals surface area contributed by atoms with Gasteiger partial charge in [0.05, 0.1) is 46.5 Å². The second kappa shape index (κ2) is 11.2. The molecule has 0 saturated heterocycles. The predicted octanol–water partition coefficient (Wildman–Crippen LogP) is 1.85. The minimum absolute atomic E-state index is 0.0227. The van der Waals surface area contributed by atoms with Crippen molar-refractivity contribution in [2.45, 2.75) is 30.1 Å². The number of benzene rings is 1. The first kappa shape index (κ1) is 24.7. The Kier molecular flexibility index (Phi) is 8.92. The van der Waals surface area contributed by atoms with Gasteiger partial charge in [-0.2, -0.15) is 13.2 Å². The van der Waals surface area contributed by atoms with E-state index < -0.39 is 29.7 Å². The number of rotatable bonds is 7. The fourth-order valence-corrected chi connectivity index (χ4v) is 3.41. The number of aliphatic hydroxyl groups is 3. The van der Waals surface area contributed by atoms with Gasteiger partial charge in [0.2, 0.25) is 0 Å². The maximum atomic E-state index is 12.5. The summed E-state index contributed by atoms with van der Waals surface area (Å²) in [6.45, 7) is -0.527. The summed E-state index contributed by atoms with van der Waals surface area (Å²) in [5, 5.41) is 24.3. The summed E-state index contributed by atoms with van der Waals surface area (Å²) in [6, 6.07) is 8.62. The number of aromatic amines is 1. The summed E-state index contributed by atoms with van der Waals surface area (Å²) in [7, 11) is -1.51. The van der Waals surface area contributed by atoms with Crippen molar-refractivity contribution in [1.29, 1.82) is 0 Å². The first-order valence-electron chi connectivity index (χ1n) is 9.01. The molecule has 3 aromatic rings. The largest absolute Gasteiger partial charge is 0.484 e. The van der Waals surface area contributed by atoms with Crippen LogP contribution < -0.4 is 4.74 Å². The lowest BCUT2D eigenvalue weighted by Gasteiger charge is -2.13. The highest BCUT2D eigenvalue weighted by Gasteiger charge is 2.29. The van der Waals surface area contributed by atoms with Crippen molar-refractivity contribution in [3.05, 3.63) is 47.8 Å². The lowest BCUT2D eigenvalue weighted by atomic mass is 10.2. The van der Waals surface area contributed by atoms with Gasteiger partial charge in [-0.25, -0.2) is 4.98 Å². The number of aliphatic hydroxyl groups excluding tert-OH is 3. The van der Waals surface area contributed by atoms with Gasteiger partial charge in [0.25, 0.3) is 0 Å². The fourth-order valence-electron chi connectivity index (χ4n) is 2.31. The summed E-state index contributed by atoms with van der Waals surface area (Å²) in [4.78, 5) is 11.3. The van der Waals surface area contributed by atoms with Gasteiger partial charge in [-0.05, 0) is 25.1 Å². The Balaban J connectivity index is 0.000000501. The Morgan fingerprint density at radius 3 is 2.45 bits per heavy atom. The maximum absolute atomic E-state index is 12.5. The summed E-state index contributed by atoms with van der Waals surface area (Å²) in [5.74, 6) is 0.0958. The number of H-pyrrole nitrogens is 1. The average Bonchev–Trinajstić information content (AvgIpc) is 3.18. The van der Waals surface area contributed by atoms with E-state index in [0.717, 1.165) is 5.52 Å². The monoisotopic (exact) mass is 461 g/mol. The standard InChI is InChI=1S/C16H14F3N3O2S.C3H8O3/c1-10-13(20-7-6-14(10)24-9-16(17,18)19)8-25(23)15-21-11-4-2-3-5-12(11)22-15;4-1-3(6)2-5/h2-7H,8-9H2,1H3,(H,21,22);3-6H,1-2H2. The number of imidazole rings is 1. The Labute approximate surface area is 178 Å². The third-order valence-electron chi connectivity index (χ3n) is 3.92. The molecule has 0 saturated carbocycles. The lowest BCUT2D eigenvalue weighted by molar-refractivity contribution is -0.153. The third kappa shape index (κ3) is 7.58. The van der Waals surface area contributed by atoms with E-state index in [1.807, 2.05) is 18.2 Å². The molecule has 0 amide bonds. The summed E-state index contributed by atoms with van der Waals surface area (Å²) in [6.07, 6.45) is -4.04. The smallest absolute Gasteiger partial charge is 0.422 e. The van der Waals surface area contributed by atoms with Crippen molar-refractivity contribution < 1.29 is 37.4 Å². The third-order valence-corrected chi connectivity index (χ3v) is 5.08. The summed E-state index contributed by atoms with van der Waals surface area (Å²) >= 11 is 0. The van der Waals surface area contributed by atoms with Gasteiger partial charge in [0, 0.05) is 11.8 Å². The van der Waals surface area contributed by atoms with Crippen LogP contribution in [0.2, 0.25) is 0 Å². The second-order valence-electron chi connectivity index (χ2n) is 6.35. The molecular formula is C19H22F3N3O5S. The molecule has 0 spiro atoms. The number of nitrogens with zero attached hydrogens (tertiary/aromatic N) is 2. The van der Waals surface area contributed by atoms with E-state index in [4.69, 9.17) is 20.1 Å². The Morgan fingerprint density at radius 2 is 1.87 bits per heavy atom. The number of hydrogen-bond acceptors (Lipinski definition) is 7. The number of halogens is 3. The molecule has 0 radical (unpaired) electrons. The van der Waals surface area contributed by atoms with Crippen LogP contribution in [-0.4, -0.2) is 66.6 Å². The molecule has 0 aliphatic carbocycles. The Morgan fingerprint density at radius 1 is 1.19 bits per heavy atom. The highest BCUT2D eigenvalue weighted by Crippen LogP contribution is 2.24. The number of pyridine rings is 1. The lowest BCUT2D eigenvalue weighted by Crippen LogP contribution is -2.19. The molecule has 12 heteroatoms. The minimum atomic E-state index is -4.42. The quantitative estimate of drug-likeness (QED) is 0.423. The van der Waals surface area contributed by atoms with Gasteiger partial charge in [0.15, 0.2) is 11.8 Å². The average molecular weight is 461 g/mol. The topological polar surface area (TPSA) is 129 Å². The summed E-state index contributed by atoms with van der Waals surface area (Å²) in [5.41, 5.74) is 2.28. The molecule has 2 heterocycles. The van der Waals surface area contributed by atoms with E-state index in [-0.39, 0.29) is 24.7 Å². The van der Waals surface area contributed by atoms with E-state index in [1.54, 1.807) is 13.0 Å². The van der Waals surface area contributed by atoms with Crippen molar-refractivity contribution in [2.75, 3.05) is 19.8 Å². The molecular weight excluding hydrogens is 439 g/mol. The van der Waals surface area contributed by atoms with Crippen LogP contribution in [-0.2, 0) is 16.6 Å². The van der Waals surface area contributed by atoms with Gasteiger partial charge in [-0.15, -0.1) is 0 Å². The number of para-hydroxylation sites is 2. The molecule has 2 aromatic heterocycles. The predicted molar refractivity (Wildman–Crippen MR) is 107 cm³/mol. The van der Waals surface area contributed by atoms with Crippen molar-refractivity contribution >= 4 is 21.8 Å². The zero-order chi connectivity index (χ0) is 23.0. The van der Waals surface area contributed by atoms with E-state index in [2.05, 4.69) is 15.0 Å². The second-order valence-corrected chi connectivity index (χ2v) is 7.72. The van der Waals surface area contributed by atoms with E-state index in [0.29, 0.717) is 21.9 Å². The molecule has 1 unspecified atom stereocenters. The molecule has 0 fully saturated rings. The van der Waals surface area contributed by atoms with E-state index in [1.165, 1.54) is 12.3 Å². The Bertz CT molecular complexity index is 976. The SMILES string of the molecule is Cc1c(OCC(F)(F)F)ccnc1CS(=O)c1nc2ccccc2[nH]1.OCC(O)CO. The zero-order valence-electron chi connectivity index (χ0n) is 16.5. The van der Waals surface area contributed by atoms with E-state index >= 15 is 0 Å². The molecule has 0 aliphatic rings. The summed E-state index contributed by atoms with van der Waals surface area (Å²) < 4.78 is 54.2. The molecule has 1 aromatic carbocycles. The van der Waals surface area contributed by atoms with Gasteiger partial charge >= 0.3 is 6.18 Å². The normalized spacial score (nSPS) is 12.5. The van der Waals surface area contributed by atoms with Crippen molar-refractivity contribution in [2.24, 2.45) is 0 Å². The van der Waals surface area contributed by atoms with Crippen LogP contribution in [0.15, 0.2) is 41.7 Å². The minimum Gasteiger partial charge on any atom is -0.484 e. The number of nitrogens with one attached hydrogen (secondary N) is 1.